The summed E-state index contributed by atoms with van der Waals surface area (Å²) < 4.78 is 25.2. The Morgan fingerprint density at radius 3 is 2.12 bits per heavy atom. The standard InChI is InChI=1S/C26H48O8/c1-13-9-20(28)26(33-22(13)17(5)21(29)15(3)12-27)11-19(31-8)16(4)24(34-26)18(6)23-14(2)10-25(7,30)32-23/h13-24,27-30H,9-12H2,1-8H3/t13-,14-,15-,16+,17-,18+,19+,20-,21-,22-,23-,24-,25?,26+/m0/s1. The first-order valence-electron chi connectivity index (χ1n) is 13.0. The molecular formula is C26H48O8. The van der Waals surface area contributed by atoms with Gasteiger partial charge in [0.2, 0.25) is 0 Å². The van der Waals surface area contributed by atoms with Gasteiger partial charge in [0, 0.05) is 50.2 Å². The van der Waals surface area contributed by atoms with Gasteiger partial charge in [-0.1, -0.05) is 41.5 Å². The summed E-state index contributed by atoms with van der Waals surface area (Å²) in [4.78, 5) is 0. The van der Waals surface area contributed by atoms with Gasteiger partial charge in [-0.2, -0.15) is 0 Å². The molecule has 1 unspecified atom stereocenters. The van der Waals surface area contributed by atoms with E-state index in [9.17, 15) is 20.4 Å². The number of ether oxygens (including phenoxy) is 4. The van der Waals surface area contributed by atoms with Crippen LogP contribution in [-0.4, -0.2) is 82.3 Å². The molecule has 0 saturated carbocycles. The Morgan fingerprint density at radius 1 is 0.971 bits per heavy atom. The van der Waals surface area contributed by atoms with E-state index >= 15 is 0 Å². The average molecular weight is 489 g/mol. The molecule has 200 valence electrons. The van der Waals surface area contributed by atoms with Crippen LogP contribution in [0.15, 0.2) is 0 Å². The molecule has 0 bridgehead atoms. The fourth-order valence-corrected chi connectivity index (χ4v) is 6.76. The molecule has 0 amide bonds. The van der Waals surface area contributed by atoms with E-state index < -0.39 is 23.8 Å². The van der Waals surface area contributed by atoms with Gasteiger partial charge in [0.1, 0.15) is 6.10 Å². The molecule has 14 atom stereocenters. The van der Waals surface area contributed by atoms with E-state index in [2.05, 4.69) is 20.8 Å². The van der Waals surface area contributed by atoms with Crippen LogP contribution in [0.4, 0.5) is 0 Å². The van der Waals surface area contributed by atoms with Crippen molar-refractivity contribution in [1.29, 1.82) is 0 Å². The van der Waals surface area contributed by atoms with Crippen LogP contribution in [-0.2, 0) is 18.9 Å². The van der Waals surface area contributed by atoms with Gasteiger partial charge in [-0.05, 0) is 25.2 Å². The first-order valence-corrected chi connectivity index (χ1v) is 13.0. The van der Waals surface area contributed by atoms with Crippen molar-refractivity contribution in [2.45, 2.75) is 116 Å². The van der Waals surface area contributed by atoms with E-state index in [0.29, 0.717) is 19.3 Å². The van der Waals surface area contributed by atoms with Gasteiger partial charge in [-0.15, -0.1) is 0 Å². The topological polar surface area (TPSA) is 118 Å². The Morgan fingerprint density at radius 2 is 1.59 bits per heavy atom. The van der Waals surface area contributed by atoms with Crippen LogP contribution in [0, 0.1) is 35.5 Å². The highest BCUT2D eigenvalue weighted by molar-refractivity contribution is 5.01. The van der Waals surface area contributed by atoms with Crippen LogP contribution < -0.4 is 0 Å². The molecule has 0 radical (unpaired) electrons. The molecule has 0 aromatic rings. The molecule has 3 saturated heterocycles. The summed E-state index contributed by atoms with van der Waals surface area (Å²) in [5.41, 5.74) is 0. The zero-order valence-electron chi connectivity index (χ0n) is 22.2. The van der Waals surface area contributed by atoms with E-state index in [1.165, 1.54) is 0 Å². The first kappa shape index (κ1) is 28.3. The maximum atomic E-state index is 11.3. The highest BCUT2D eigenvalue weighted by Gasteiger charge is 2.58. The summed E-state index contributed by atoms with van der Waals surface area (Å²) in [6.07, 6.45) is -1.23. The van der Waals surface area contributed by atoms with Crippen LogP contribution in [0.1, 0.15) is 67.7 Å². The largest absolute Gasteiger partial charge is 0.396 e. The van der Waals surface area contributed by atoms with Gasteiger partial charge in [0.15, 0.2) is 11.6 Å². The highest BCUT2D eigenvalue weighted by Crippen LogP contribution is 2.49. The number of hydrogen-bond donors (Lipinski definition) is 4. The van der Waals surface area contributed by atoms with E-state index in [-0.39, 0.29) is 66.5 Å². The van der Waals surface area contributed by atoms with E-state index in [1.54, 1.807) is 14.0 Å². The number of aliphatic hydroxyl groups is 4. The Hall–Kier alpha value is -0.320. The van der Waals surface area contributed by atoms with Crippen LogP contribution in [0.3, 0.4) is 0 Å². The zero-order valence-corrected chi connectivity index (χ0v) is 22.2. The first-order chi connectivity index (χ1) is 15.8. The summed E-state index contributed by atoms with van der Waals surface area (Å²) in [7, 11) is 1.67. The molecule has 3 heterocycles. The van der Waals surface area contributed by atoms with Crippen molar-refractivity contribution in [3.05, 3.63) is 0 Å². The zero-order chi connectivity index (χ0) is 25.6. The van der Waals surface area contributed by atoms with Crippen molar-refractivity contribution in [2.75, 3.05) is 13.7 Å². The Bertz CT molecular complexity index is 673. The molecule has 0 aliphatic carbocycles. The molecule has 3 aliphatic heterocycles. The molecule has 3 aliphatic rings. The van der Waals surface area contributed by atoms with E-state index in [1.807, 2.05) is 20.8 Å². The van der Waals surface area contributed by atoms with Crippen molar-refractivity contribution in [2.24, 2.45) is 35.5 Å². The maximum absolute atomic E-state index is 11.3. The Kier molecular flexibility index (Phi) is 8.79. The number of rotatable bonds is 7. The van der Waals surface area contributed by atoms with Gasteiger partial charge in [-0.3, -0.25) is 0 Å². The van der Waals surface area contributed by atoms with Crippen LogP contribution in [0.5, 0.6) is 0 Å². The minimum absolute atomic E-state index is 0.00395. The molecule has 3 fully saturated rings. The number of aliphatic hydroxyl groups excluding tert-OH is 3. The normalized spacial score (nSPS) is 49.1. The lowest BCUT2D eigenvalue weighted by Crippen LogP contribution is -2.65. The van der Waals surface area contributed by atoms with Crippen molar-refractivity contribution in [3.8, 4) is 0 Å². The lowest BCUT2D eigenvalue weighted by atomic mass is 9.74. The minimum atomic E-state index is -1.26. The SMILES string of the molecule is CO[C@@H]1C[C@]2(O[C@H]([C@H](C)[C@H]3OC(C)(O)C[C@@H]3C)[C@@H]1C)O[C@H]([C@@H](C)[C@@H](O)[C@@H](C)CO)[C@@H](C)C[C@@H]2O. The van der Waals surface area contributed by atoms with Gasteiger partial charge < -0.3 is 39.4 Å². The molecule has 3 rings (SSSR count). The fraction of sp³-hybridized carbons (Fsp3) is 1.00. The van der Waals surface area contributed by atoms with Crippen molar-refractivity contribution >= 4 is 0 Å². The fourth-order valence-electron chi connectivity index (χ4n) is 6.76. The minimum Gasteiger partial charge on any atom is -0.396 e. The molecule has 0 aromatic heterocycles. The number of methoxy groups -OCH3 is 1. The summed E-state index contributed by atoms with van der Waals surface area (Å²) >= 11 is 0. The van der Waals surface area contributed by atoms with Gasteiger partial charge in [0.05, 0.1) is 30.5 Å². The molecule has 0 aromatic carbocycles. The summed E-state index contributed by atoms with van der Waals surface area (Å²) in [6.45, 7) is 13.6. The average Bonchev–Trinajstić information content (AvgIpc) is 3.07. The number of hydrogen-bond acceptors (Lipinski definition) is 8. The van der Waals surface area contributed by atoms with Gasteiger partial charge >= 0.3 is 0 Å². The van der Waals surface area contributed by atoms with Crippen molar-refractivity contribution < 1.29 is 39.4 Å². The van der Waals surface area contributed by atoms with Gasteiger partial charge in [-0.25, -0.2) is 0 Å². The molecule has 34 heavy (non-hydrogen) atoms. The predicted octanol–water partition coefficient (Wildman–Crippen LogP) is 2.30. The predicted molar refractivity (Wildman–Crippen MR) is 127 cm³/mol. The van der Waals surface area contributed by atoms with E-state index in [0.717, 1.165) is 0 Å². The van der Waals surface area contributed by atoms with Crippen molar-refractivity contribution in [3.63, 3.8) is 0 Å². The van der Waals surface area contributed by atoms with Crippen molar-refractivity contribution in [1.82, 2.24) is 0 Å². The lowest BCUT2D eigenvalue weighted by Gasteiger charge is -2.56. The third-order valence-electron chi connectivity index (χ3n) is 8.84. The lowest BCUT2D eigenvalue weighted by molar-refractivity contribution is -0.392. The van der Waals surface area contributed by atoms with Crippen LogP contribution in [0.2, 0.25) is 0 Å². The Labute approximate surface area is 204 Å². The molecule has 8 heteroatoms. The third-order valence-corrected chi connectivity index (χ3v) is 8.84. The van der Waals surface area contributed by atoms with Gasteiger partial charge in [0.25, 0.3) is 0 Å². The highest BCUT2D eigenvalue weighted by atomic mass is 16.7. The van der Waals surface area contributed by atoms with E-state index in [4.69, 9.17) is 18.9 Å². The Balaban J connectivity index is 1.88. The molecular weight excluding hydrogens is 440 g/mol. The summed E-state index contributed by atoms with van der Waals surface area (Å²) in [5, 5.41) is 42.1. The summed E-state index contributed by atoms with van der Waals surface area (Å²) in [5.74, 6) is -2.85. The smallest absolute Gasteiger partial charge is 0.197 e. The third kappa shape index (κ3) is 5.35. The second-order valence-corrected chi connectivity index (χ2v) is 11.9. The monoisotopic (exact) mass is 488 g/mol. The summed E-state index contributed by atoms with van der Waals surface area (Å²) in [6, 6.07) is 0. The molecule has 4 N–H and O–H groups in total. The second kappa shape index (κ2) is 10.6. The molecule has 1 spiro atoms. The van der Waals surface area contributed by atoms with Crippen LogP contribution >= 0.6 is 0 Å². The quantitative estimate of drug-likeness (QED) is 0.431. The second-order valence-electron chi connectivity index (χ2n) is 11.9. The maximum Gasteiger partial charge on any atom is 0.197 e. The van der Waals surface area contributed by atoms with Crippen LogP contribution in [0.25, 0.3) is 0 Å². The molecule has 8 nitrogen and oxygen atoms in total.